The molecule has 0 saturated heterocycles. The molecule has 107 heavy (non-hydrogen) atoms. The van der Waals surface area contributed by atoms with Gasteiger partial charge in [-0.2, -0.15) is 0 Å². The summed E-state index contributed by atoms with van der Waals surface area (Å²) in [4.78, 5) is 39.8. The van der Waals surface area contributed by atoms with Gasteiger partial charge in [0.15, 0.2) is 19.8 Å². The zero-order valence-corrected chi connectivity index (χ0v) is 65.4. The summed E-state index contributed by atoms with van der Waals surface area (Å²) < 4.78 is 35.6. The molecule has 0 aliphatic heterocycles. The minimum absolute atomic E-state index is 0.119. The van der Waals surface area contributed by atoms with Crippen molar-refractivity contribution < 1.29 is 73.4 Å². The smallest absolute Gasteiger partial charge is 0.343 e. The van der Waals surface area contributed by atoms with Crippen LogP contribution in [0.4, 0.5) is 0 Å². The number of rotatable bonds is 23. The normalized spacial score (nSPS) is 11.7. The van der Waals surface area contributed by atoms with Gasteiger partial charge in [0.05, 0.1) is 21.3 Å². The Morgan fingerprint density at radius 1 is 0.271 bits per heavy atom. The summed E-state index contributed by atoms with van der Waals surface area (Å²) in [5.41, 5.74) is 20.2. The van der Waals surface area contributed by atoms with Crippen LogP contribution in [0.3, 0.4) is 0 Å². The monoisotopic (exact) mass is 1440 g/mol. The summed E-state index contributed by atoms with van der Waals surface area (Å²) in [6.07, 6.45) is 0. The van der Waals surface area contributed by atoms with Gasteiger partial charge in [-0.25, -0.2) is 14.4 Å². The lowest BCUT2D eigenvalue weighted by molar-refractivity contribution is -0.143. The van der Waals surface area contributed by atoms with Gasteiger partial charge in [-0.15, -0.1) is 0 Å². The maximum absolute atomic E-state index is 13.4. The fourth-order valence-corrected chi connectivity index (χ4v) is 15.3. The molecule has 10 rings (SSSR count). The first kappa shape index (κ1) is 78.4. The van der Waals surface area contributed by atoms with E-state index in [0.29, 0.717) is 72.9 Å². The molecule has 0 fully saturated rings. The number of carbonyl (C=O) groups excluding carboxylic acids is 3. The van der Waals surface area contributed by atoms with E-state index in [4.69, 9.17) is 28.4 Å². The van der Waals surface area contributed by atoms with Crippen molar-refractivity contribution in [1.29, 1.82) is 0 Å². The molecule has 0 aromatic heterocycles. The van der Waals surface area contributed by atoms with E-state index in [-0.39, 0.29) is 41.1 Å². The first-order valence-electron chi connectivity index (χ1n) is 35.9. The third-order valence-corrected chi connectivity index (χ3v) is 22.0. The molecule has 0 radical (unpaired) electrons. The van der Waals surface area contributed by atoms with Crippen molar-refractivity contribution in [2.45, 2.75) is 153 Å². The Kier molecular flexibility index (Phi) is 22.8. The molecule has 558 valence electrons. The minimum atomic E-state index is -1.19. The predicted molar refractivity (Wildman–Crippen MR) is 419 cm³/mol. The molecule has 0 atom stereocenters. The average Bonchev–Trinajstić information content (AvgIpc) is 0.728. The maximum atomic E-state index is 13.4. The SMILES string of the molecule is COC(=O)COc1c(C)cc(C(C)(C)c2ccc(C(C)(c3cc(C)c(OCC(=O)OC)c(C(c4cc(C)c(O)cc4C)c4cc(C)c(O)cc4C)c3)c3cc(C)c(OCC(=O)OC)c(C(c4cc(C)c(O)cc4C)c4cc(C)c(O)cc4C)c3)cc2)cc1C(c1cc(C)c(O)cc1C)c1cc(C)c(O)cc1C. The summed E-state index contributed by atoms with van der Waals surface area (Å²) in [7, 11) is 3.94. The van der Waals surface area contributed by atoms with Gasteiger partial charge in [-0.3, -0.25) is 0 Å². The van der Waals surface area contributed by atoms with Crippen LogP contribution in [0.2, 0.25) is 0 Å². The number of phenolic OH excluding ortho intramolecular Hbond substituents is 6. The van der Waals surface area contributed by atoms with Crippen LogP contribution in [0.5, 0.6) is 51.7 Å². The van der Waals surface area contributed by atoms with E-state index in [1.54, 1.807) is 36.4 Å². The van der Waals surface area contributed by atoms with Crippen LogP contribution in [-0.4, -0.2) is 89.7 Å². The Morgan fingerprint density at radius 2 is 0.486 bits per heavy atom. The van der Waals surface area contributed by atoms with Crippen molar-refractivity contribution >= 4 is 17.9 Å². The molecule has 0 heterocycles. The van der Waals surface area contributed by atoms with Crippen molar-refractivity contribution in [3.05, 3.63) is 295 Å². The summed E-state index contributed by atoms with van der Waals surface area (Å²) in [5, 5.41) is 67.6. The van der Waals surface area contributed by atoms with Gasteiger partial charge in [0, 0.05) is 45.3 Å². The third-order valence-electron chi connectivity index (χ3n) is 22.0. The Balaban J connectivity index is 1.32. The first-order chi connectivity index (χ1) is 50.4. The van der Waals surface area contributed by atoms with Crippen molar-refractivity contribution in [2.24, 2.45) is 0 Å². The number of ether oxygens (including phenoxy) is 6. The second-order valence-corrected chi connectivity index (χ2v) is 29.8. The number of esters is 3. The lowest BCUT2D eigenvalue weighted by Crippen LogP contribution is -2.28. The quantitative estimate of drug-likeness (QED) is 0.0199. The molecular weight excluding hydrogens is 1340 g/mol. The highest BCUT2D eigenvalue weighted by Crippen LogP contribution is 2.53. The van der Waals surface area contributed by atoms with Crippen LogP contribution in [-0.2, 0) is 39.4 Å². The molecule has 0 bridgehead atoms. The summed E-state index contributed by atoms with van der Waals surface area (Å²) in [6.45, 7) is 34.0. The van der Waals surface area contributed by atoms with E-state index in [0.717, 1.165) is 106 Å². The van der Waals surface area contributed by atoms with Gasteiger partial charge >= 0.3 is 17.9 Å². The first-order valence-corrected chi connectivity index (χ1v) is 35.9. The third kappa shape index (κ3) is 15.5. The van der Waals surface area contributed by atoms with Gasteiger partial charge in [0.25, 0.3) is 0 Å². The second kappa shape index (κ2) is 31.1. The number of aromatic hydroxyl groups is 6. The van der Waals surface area contributed by atoms with Crippen LogP contribution < -0.4 is 14.2 Å². The van der Waals surface area contributed by atoms with Crippen LogP contribution >= 0.6 is 0 Å². The molecule has 0 spiro atoms. The van der Waals surface area contributed by atoms with Gasteiger partial charge < -0.3 is 59.1 Å². The minimum Gasteiger partial charge on any atom is -0.508 e. The molecule has 15 heteroatoms. The molecule has 0 amide bonds. The Morgan fingerprint density at radius 3 is 0.720 bits per heavy atom. The van der Waals surface area contributed by atoms with E-state index in [1.807, 2.05) is 140 Å². The molecule has 15 nitrogen and oxygen atoms in total. The topological polar surface area (TPSA) is 228 Å². The molecule has 0 saturated carbocycles. The molecule has 10 aromatic rings. The maximum Gasteiger partial charge on any atom is 0.343 e. The summed E-state index contributed by atoms with van der Waals surface area (Å²) in [6, 6.07) is 43.7. The summed E-state index contributed by atoms with van der Waals surface area (Å²) >= 11 is 0. The Labute approximate surface area is 629 Å². The fourth-order valence-electron chi connectivity index (χ4n) is 15.3. The van der Waals surface area contributed by atoms with E-state index in [1.165, 1.54) is 21.3 Å². The number of hydrogen-bond donors (Lipinski definition) is 6. The second-order valence-electron chi connectivity index (χ2n) is 29.8. The summed E-state index contributed by atoms with van der Waals surface area (Å²) in [5.74, 6) is -1.50. The molecule has 0 unspecified atom stereocenters. The highest BCUT2D eigenvalue weighted by atomic mass is 16.6. The molecule has 6 N–H and O–H groups in total. The molecule has 10 aromatic carbocycles. The zero-order valence-electron chi connectivity index (χ0n) is 65.4. The average molecular weight is 1450 g/mol. The number of methoxy groups -OCH3 is 3. The number of hydrogen-bond acceptors (Lipinski definition) is 15. The Bertz CT molecular complexity index is 4790. The lowest BCUT2D eigenvalue weighted by atomic mass is 9.67. The van der Waals surface area contributed by atoms with Gasteiger partial charge in [-0.1, -0.05) is 98.8 Å². The van der Waals surface area contributed by atoms with Crippen LogP contribution in [0.1, 0.15) is 200 Å². The van der Waals surface area contributed by atoms with Gasteiger partial charge in [0.1, 0.15) is 51.7 Å². The fraction of sp³-hybridized carbons (Fsp3) is 0.315. The number of aryl methyl sites for hydroxylation is 15. The number of benzene rings is 10. The molecular formula is C92H100O15. The predicted octanol–water partition coefficient (Wildman–Crippen LogP) is 18.4. The van der Waals surface area contributed by atoms with Gasteiger partial charge in [0.2, 0.25) is 0 Å². The van der Waals surface area contributed by atoms with Crippen molar-refractivity contribution in [2.75, 3.05) is 41.2 Å². The van der Waals surface area contributed by atoms with E-state index < -0.39 is 59.7 Å². The van der Waals surface area contributed by atoms with E-state index in [9.17, 15) is 45.0 Å². The standard InChI is InChI=1S/C92H100O15/c1-47-35-76(93)53(7)29-67(47)85(68-30-54(8)77(94)36-48(68)2)73-41-64(26-59(13)88(73)105-44-82(99)102-19)91(16,17)62-22-24-63(25-23-62)92(18,65-27-60(14)89(106-45-83(100)103-20)74(42-65)86(69-31-55(9)78(95)37-49(69)3)70-32-56(10)79(96)38-50(70)4)66-28-61(15)90(107-46-84(101)104-21)75(43-66)87(71-33-57(11)80(97)39-51(71)5)72-34-58(12)81(98)40-52(72)6/h22-43,85-87,93-98H,44-46H2,1-21H3. The van der Waals surface area contributed by atoms with E-state index in [2.05, 4.69) is 81.4 Å². The van der Waals surface area contributed by atoms with Crippen molar-refractivity contribution in [3.63, 3.8) is 0 Å². The van der Waals surface area contributed by atoms with E-state index >= 15 is 0 Å². The number of phenols is 6. The highest BCUT2D eigenvalue weighted by molar-refractivity contribution is 5.74. The molecule has 0 aliphatic carbocycles. The van der Waals surface area contributed by atoms with Crippen molar-refractivity contribution in [3.8, 4) is 51.7 Å². The van der Waals surface area contributed by atoms with Gasteiger partial charge in [-0.05, 0) is 304 Å². The largest absolute Gasteiger partial charge is 0.508 e. The van der Waals surface area contributed by atoms with Crippen LogP contribution in [0.15, 0.2) is 133 Å². The highest BCUT2D eigenvalue weighted by Gasteiger charge is 2.40. The van der Waals surface area contributed by atoms with Crippen molar-refractivity contribution in [1.82, 2.24) is 0 Å². The number of carbonyl (C=O) groups is 3. The van der Waals surface area contributed by atoms with Crippen LogP contribution in [0, 0.1) is 104 Å². The lowest BCUT2D eigenvalue weighted by Gasteiger charge is -2.37. The molecule has 0 aliphatic rings. The Hall–Kier alpha value is -11.2. The van der Waals surface area contributed by atoms with Crippen LogP contribution in [0.25, 0.3) is 0 Å². The zero-order chi connectivity index (χ0) is 78.3.